The second-order valence-corrected chi connectivity index (χ2v) is 8.46. The molecular formula is C25H40N4O2. The molecule has 0 saturated carbocycles. The maximum absolute atomic E-state index is 12.5. The van der Waals surface area contributed by atoms with E-state index in [4.69, 9.17) is 0 Å². The summed E-state index contributed by atoms with van der Waals surface area (Å²) < 4.78 is 0. The van der Waals surface area contributed by atoms with Crippen molar-refractivity contribution in [2.24, 2.45) is 0 Å². The highest BCUT2D eigenvalue weighted by molar-refractivity contribution is 5.93. The van der Waals surface area contributed by atoms with Crippen LogP contribution in [0.4, 0.5) is 5.82 Å². The average Bonchev–Trinajstić information content (AvgIpc) is 2.91. The molecule has 1 aromatic heterocycles. The zero-order chi connectivity index (χ0) is 22.5. The van der Waals surface area contributed by atoms with E-state index in [0.717, 1.165) is 50.0 Å². The molecule has 1 aromatic rings. The number of carbonyl (C=O) groups is 2. The minimum Gasteiger partial charge on any atom is -0.339 e. The highest BCUT2D eigenvalue weighted by Crippen LogP contribution is 2.21. The molecule has 0 unspecified atom stereocenters. The maximum atomic E-state index is 12.5. The van der Waals surface area contributed by atoms with Crippen LogP contribution in [0.2, 0.25) is 0 Å². The third-order valence-electron chi connectivity index (χ3n) is 5.55. The van der Waals surface area contributed by atoms with Crippen LogP contribution >= 0.6 is 0 Å². The standard InChI is InChI=1S/C25H40N4O2/c1-4-7-8-9-10-11-16-28-19-22-17-21(18-26-25(22)27-23(30)20-28)12-13-24(31)29(14-5-2)15-6-3/h12-13,17-18H,4-11,14-16,19-20H2,1-3H3,(H,26,27,30)/b13-12+. The van der Waals surface area contributed by atoms with E-state index in [9.17, 15) is 9.59 Å². The molecule has 2 amide bonds. The monoisotopic (exact) mass is 428 g/mol. The van der Waals surface area contributed by atoms with Gasteiger partial charge in [-0.25, -0.2) is 4.98 Å². The first kappa shape index (κ1) is 25.1. The molecule has 31 heavy (non-hydrogen) atoms. The summed E-state index contributed by atoms with van der Waals surface area (Å²) in [7, 11) is 0. The number of hydrogen-bond acceptors (Lipinski definition) is 4. The van der Waals surface area contributed by atoms with E-state index in [-0.39, 0.29) is 11.8 Å². The van der Waals surface area contributed by atoms with Gasteiger partial charge in [0.25, 0.3) is 0 Å². The smallest absolute Gasteiger partial charge is 0.246 e. The Hall–Kier alpha value is -2.21. The van der Waals surface area contributed by atoms with E-state index in [2.05, 4.69) is 36.0 Å². The van der Waals surface area contributed by atoms with Gasteiger partial charge in [0.15, 0.2) is 0 Å². The summed E-state index contributed by atoms with van der Waals surface area (Å²) in [5.41, 5.74) is 1.89. The summed E-state index contributed by atoms with van der Waals surface area (Å²) in [6.45, 7) is 9.97. The van der Waals surface area contributed by atoms with E-state index < -0.39 is 0 Å². The van der Waals surface area contributed by atoms with Gasteiger partial charge in [0.05, 0.1) is 6.54 Å². The second-order valence-electron chi connectivity index (χ2n) is 8.46. The summed E-state index contributed by atoms with van der Waals surface area (Å²) in [5.74, 6) is 0.666. The van der Waals surface area contributed by atoms with Crippen molar-refractivity contribution in [3.63, 3.8) is 0 Å². The van der Waals surface area contributed by atoms with Gasteiger partial charge in [-0.2, -0.15) is 0 Å². The van der Waals surface area contributed by atoms with Crippen LogP contribution in [0.25, 0.3) is 6.08 Å². The van der Waals surface area contributed by atoms with Crippen molar-refractivity contribution >= 4 is 23.7 Å². The number of amides is 2. The largest absolute Gasteiger partial charge is 0.339 e. The van der Waals surface area contributed by atoms with Crippen LogP contribution in [0.3, 0.4) is 0 Å². The molecule has 0 fully saturated rings. The molecule has 6 heteroatoms. The fourth-order valence-corrected chi connectivity index (χ4v) is 3.94. The summed E-state index contributed by atoms with van der Waals surface area (Å²) in [4.78, 5) is 33.3. The molecule has 0 radical (unpaired) electrons. The van der Waals surface area contributed by atoms with Crippen molar-refractivity contribution in [2.75, 3.05) is 31.5 Å². The Morgan fingerprint density at radius 1 is 1.06 bits per heavy atom. The van der Waals surface area contributed by atoms with Gasteiger partial charge in [-0.15, -0.1) is 0 Å². The quantitative estimate of drug-likeness (QED) is 0.360. The Labute approximate surface area is 188 Å². The highest BCUT2D eigenvalue weighted by atomic mass is 16.2. The molecule has 0 spiro atoms. The number of nitrogens with one attached hydrogen (secondary N) is 1. The zero-order valence-electron chi connectivity index (χ0n) is 19.7. The van der Waals surface area contributed by atoms with E-state index >= 15 is 0 Å². The van der Waals surface area contributed by atoms with Gasteiger partial charge < -0.3 is 10.2 Å². The topological polar surface area (TPSA) is 65.5 Å². The van der Waals surface area contributed by atoms with Crippen LogP contribution in [-0.2, 0) is 16.1 Å². The molecule has 0 atom stereocenters. The maximum Gasteiger partial charge on any atom is 0.246 e. The first-order valence-electron chi connectivity index (χ1n) is 12.0. The fraction of sp³-hybridized carbons (Fsp3) is 0.640. The SMILES string of the molecule is CCCCCCCCN1CC(=O)Nc2ncc(/C=C/C(=O)N(CCC)CCC)cc2C1. The lowest BCUT2D eigenvalue weighted by molar-refractivity contribution is -0.126. The molecule has 0 bridgehead atoms. The van der Waals surface area contributed by atoms with Gasteiger partial charge >= 0.3 is 0 Å². The van der Waals surface area contributed by atoms with Crippen molar-refractivity contribution in [1.82, 2.24) is 14.8 Å². The Morgan fingerprint density at radius 2 is 1.77 bits per heavy atom. The summed E-state index contributed by atoms with van der Waals surface area (Å²) in [5, 5.41) is 2.92. The molecular weight excluding hydrogens is 388 g/mol. The molecule has 1 aliphatic heterocycles. The van der Waals surface area contributed by atoms with Crippen molar-refractivity contribution in [3.05, 3.63) is 29.5 Å². The number of aromatic nitrogens is 1. The van der Waals surface area contributed by atoms with Crippen LogP contribution < -0.4 is 5.32 Å². The molecule has 2 rings (SSSR count). The number of unbranched alkanes of at least 4 members (excludes halogenated alkanes) is 5. The Kier molecular flexibility index (Phi) is 11.3. The molecule has 1 N–H and O–H groups in total. The summed E-state index contributed by atoms with van der Waals surface area (Å²) in [6, 6.07) is 2.04. The van der Waals surface area contributed by atoms with Crippen LogP contribution in [0.15, 0.2) is 18.3 Å². The molecule has 0 aromatic carbocycles. The Balaban J connectivity index is 1.99. The lowest BCUT2D eigenvalue weighted by atomic mass is 10.1. The number of anilines is 1. The average molecular weight is 429 g/mol. The lowest BCUT2D eigenvalue weighted by Gasteiger charge is -2.19. The van der Waals surface area contributed by atoms with Gasteiger partial charge in [-0.1, -0.05) is 52.9 Å². The molecule has 2 heterocycles. The van der Waals surface area contributed by atoms with E-state index in [0.29, 0.717) is 18.9 Å². The number of hydrogen-bond donors (Lipinski definition) is 1. The fourth-order valence-electron chi connectivity index (χ4n) is 3.94. The highest BCUT2D eigenvalue weighted by Gasteiger charge is 2.20. The van der Waals surface area contributed by atoms with Gasteiger partial charge in [0.2, 0.25) is 11.8 Å². The molecule has 1 aliphatic rings. The van der Waals surface area contributed by atoms with Crippen molar-refractivity contribution in [2.45, 2.75) is 78.7 Å². The predicted octanol–water partition coefficient (Wildman–Crippen LogP) is 4.86. The van der Waals surface area contributed by atoms with Crippen LogP contribution in [0, 0.1) is 0 Å². The number of nitrogens with zero attached hydrogens (tertiary/aromatic N) is 3. The zero-order valence-corrected chi connectivity index (χ0v) is 19.7. The normalized spacial score (nSPS) is 14.4. The third-order valence-corrected chi connectivity index (χ3v) is 5.55. The number of carbonyl (C=O) groups excluding carboxylic acids is 2. The first-order valence-corrected chi connectivity index (χ1v) is 12.0. The van der Waals surface area contributed by atoms with Gasteiger partial charge in [0.1, 0.15) is 5.82 Å². The minimum absolute atomic E-state index is 0.00882. The Bertz CT molecular complexity index is 726. The number of rotatable bonds is 13. The molecule has 172 valence electrons. The van der Waals surface area contributed by atoms with Crippen LogP contribution in [0.1, 0.15) is 83.3 Å². The third kappa shape index (κ3) is 8.82. The number of pyridine rings is 1. The predicted molar refractivity (Wildman–Crippen MR) is 128 cm³/mol. The van der Waals surface area contributed by atoms with Gasteiger partial charge in [-0.3, -0.25) is 14.5 Å². The van der Waals surface area contributed by atoms with Crippen molar-refractivity contribution in [3.8, 4) is 0 Å². The Morgan fingerprint density at radius 3 is 2.48 bits per heavy atom. The minimum atomic E-state index is -0.00882. The van der Waals surface area contributed by atoms with Crippen LogP contribution in [0.5, 0.6) is 0 Å². The summed E-state index contributed by atoms with van der Waals surface area (Å²) >= 11 is 0. The van der Waals surface area contributed by atoms with Gasteiger partial charge in [-0.05, 0) is 43.5 Å². The van der Waals surface area contributed by atoms with E-state index in [1.165, 1.54) is 32.1 Å². The second kappa shape index (κ2) is 14.0. The first-order chi connectivity index (χ1) is 15.1. The summed E-state index contributed by atoms with van der Waals surface area (Å²) in [6.07, 6.45) is 14.5. The molecule has 0 aliphatic carbocycles. The molecule has 0 saturated heterocycles. The lowest BCUT2D eigenvalue weighted by Crippen LogP contribution is -2.30. The van der Waals surface area contributed by atoms with E-state index in [1.807, 2.05) is 17.0 Å². The van der Waals surface area contributed by atoms with Crippen molar-refractivity contribution < 1.29 is 9.59 Å². The number of fused-ring (bicyclic) bond motifs is 1. The van der Waals surface area contributed by atoms with Crippen molar-refractivity contribution in [1.29, 1.82) is 0 Å². The van der Waals surface area contributed by atoms with Gasteiger partial charge in [0, 0.05) is 37.5 Å². The van der Waals surface area contributed by atoms with Crippen LogP contribution in [-0.4, -0.2) is 52.8 Å². The van der Waals surface area contributed by atoms with E-state index in [1.54, 1.807) is 12.3 Å². The molecule has 6 nitrogen and oxygen atoms in total.